The number of nitro benzene ring substituents is 1. The molecule has 0 aromatic heterocycles. The first-order valence-electron chi connectivity index (χ1n) is 12.2. The van der Waals surface area contributed by atoms with E-state index in [9.17, 15) is 36.5 Å². The monoisotopic (exact) mass is 571 g/mol. The Morgan fingerprint density at radius 2 is 1.68 bits per heavy atom. The summed E-state index contributed by atoms with van der Waals surface area (Å²) in [5.74, 6) is 0.856. The van der Waals surface area contributed by atoms with Gasteiger partial charge in [-0.15, -0.1) is 0 Å². The summed E-state index contributed by atoms with van der Waals surface area (Å²) in [5.41, 5.74) is -2.62. The Morgan fingerprint density at radius 3 is 2.24 bits per heavy atom. The van der Waals surface area contributed by atoms with Crippen molar-refractivity contribution >= 4 is 38.9 Å². The largest absolute Gasteiger partial charge is 0.416 e. The lowest BCUT2D eigenvalue weighted by Crippen LogP contribution is -2.61. The zero-order chi connectivity index (χ0) is 27.5. The van der Waals surface area contributed by atoms with E-state index in [1.807, 2.05) is 0 Å². The number of amides is 1. The Labute approximate surface area is 222 Å². The third kappa shape index (κ3) is 5.07. The molecule has 0 atom stereocenters. The van der Waals surface area contributed by atoms with Gasteiger partial charge < -0.3 is 5.32 Å². The van der Waals surface area contributed by atoms with Crippen molar-refractivity contribution in [2.24, 2.45) is 17.8 Å². The Morgan fingerprint density at radius 1 is 1.08 bits per heavy atom. The number of sulfonamides is 1. The third-order valence-electron chi connectivity index (χ3n) is 7.89. The minimum absolute atomic E-state index is 0.306. The van der Waals surface area contributed by atoms with Crippen LogP contribution in [0.25, 0.3) is 0 Å². The van der Waals surface area contributed by atoms with E-state index in [2.05, 4.69) is 5.32 Å². The standard InChI is InChI=1S/C25H25ClF3N3O5S/c26-21-5-4-20(10-22(21)32(34)35)38(36,37)31(19-3-1-2-18(9-19)25(27,28)29)14-23(33)30-24-11-15-6-16(12-24)8-17(7-15)13-24/h1-5,9-10,15-17H,6-8,11-14H2,(H,30,33). The summed E-state index contributed by atoms with van der Waals surface area (Å²) in [4.78, 5) is 23.2. The minimum Gasteiger partial charge on any atom is -0.349 e. The molecule has 8 nitrogen and oxygen atoms in total. The van der Waals surface area contributed by atoms with Crippen LogP contribution < -0.4 is 9.62 Å². The van der Waals surface area contributed by atoms with E-state index in [-0.39, 0.29) is 5.02 Å². The van der Waals surface area contributed by atoms with Crippen LogP contribution in [0.4, 0.5) is 24.5 Å². The number of nitrogens with one attached hydrogen (secondary N) is 1. The van der Waals surface area contributed by atoms with Gasteiger partial charge in [-0.2, -0.15) is 13.2 Å². The van der Waals surface area contributed by atoms with E-state index in [0.717, 1.165) is 74.9 Å². The minimum atomic E-state index is -4.76. The molecule has 0 heterocycles. The summed E-state index contributed by atoms with van der Waals surface area (Å²) in [6.07, 6.45) is 0.991. The van der Waals surface area contributed by atoms with Crippen molar-refractivity contribution in [3.63, 3.8) is 0 Å². The SMILES string of the molecule is O=C(CN(c1cccc(C(F)(F)F)c1)S(=O)(=O)c1ccc(Cl)c([N+](=O)[O-])c1)NC12CC3CC(CC(C3)C1)C2. The molecule has 0 saturated heterocycles. The molecule has 4 aliphatic rings. The Bertz CT molecular complexity index is 1360. The number of anilines is 1. The summed E-state index contributed by atoms with van der Waals surface area (Å²) in [7, 11) is -4.71. The van der Waals surface area contributed by atoms with E-state index in [4.69, 9.17) is 11.6 Å². The molecule has 1 N–H and O–H groups in total. The number of hydrogen-bond donors (Lipinski definition) is 1. The summed E-state index contributed by atoms with van der Waals surface area (Å²) in [6.45, 7) is -0.790. The van der Waals surface area contributed by atoms with Gasteiger partial charge >= 0.3 is 6.18 Å². The van der Waals surface area contributed by atoms with Crippen LogP contribution in [0.1, 0.15) is 44.1 Å². The highest BCUT2D eigenvalue weighted by molar-refractivity contribution is 7.92. The van der Waals surface area contributed by atoms with Gasteiger partial charge in [0.15, 0.2) is 0 Å². The summed E-state index contributed by atoms with van der Waals surface area (Å²) in [5, 5.41) is 14.1. The molecule has 0 aliphatic heterocycles. The van der Waals surface area contributed by atoms with Crippen LogP contribution in [0, 0.1) is 27.9 Å². The lowest BCUT2D eigenvalue weighted by atomic mass is 9.53. The molecule has 38 heavy (non-hydrogen) atoms. The lowest BCUT2D eigenvalue weighted by Gasteiger charge is -2.57. The summed E-state index contributed by atoms with van der Waals surface area (Å²) >= 11 is 5.83. The zero-order valence-electron chi connectivity index (χ0n) is 20.1. The Hall–Kier alpha value is -2.86. The highest BCUT2D eigenvalue weighted by atomic mass is 35.5. The van der Waals surface area contributed by atoms with Gasteiger partial charge in [0.05, 0.1) is 21.1 Å². The molecule has 6 rings (SSSR count). The fraction of sp³-hybridized carbons (Fsp3) is 0.480. The number of nitro groups is 1. The number of rotatable bonds is 7. The van der Waals surface area contributed by atoms with E-state index in [1.54, 1.807) is 0 Å². The molecule has 2 aromatic carbocycles. The van der Waals surface area contributed by atoms with Crippen molar-refractivity contribution in [2.75, 3.05) is 10.8 Å². The number of alkyl halides is 3. The van der Waals surface area contributed by atoms with Crippen molar-refractivity contribution < 1.29 is 31.3 Å². The molecule has 2 aromatic rings. The number of benzene rings is 2. The maximum absolute atomic E-state index is 13.7. The number of carbonyl (C=O) groups excluding carboxylic acids is 1. The first kappa shape index (κ1) is 26.7. The second kappa shape index (κ2) is 9.41. The van der Waals surface area contributed by atoms with E-state index in [0.29, 0.717) is 28.1 Å². The molecular weight excluding hydrogens is 547 g/mol. The summed E-state index contributed by atoms with van der Waals surface area (Å²) < 4.78 is 68.3. The highest BCUT2D eigenvalue weighted by Crippen LogP contribution is 2.55. The highest BCUT2D eigenvalue weighted by Gasteiger charge is 2.51. The Balaban J connectivity index is 1.50. The van der Waals surface area contributed by atoms with Gasteiger partial charge in [-0.05, 0) is 86.6 Å². The predicted molar refractivity (Wildman–Crippen MR) is 133 cm³/mol. The quantitative estimate of drug-likeness (QED) is 0.346. The second-order valence-corrected chi connectivity index (χ2v) is 12.9. The van der Waals surface area contributed by atoms with Crippen molar-refractivity contribution in [1.29, 1.82) is 0 Å². The van der Waals surface area contributed by atoms with Crippen LogP contribution in [-0.2, 0) is 21.0 Å². The smallest absolute Gasteiger partial charge is 0.349 e. The normalized spacial score (nSPS) is 26.3. The number of halogens is 4. The molecule has 4 saturated carbocycles. The molecule has 4 bridgehead atoms. The predicted octanol–water partition coefficient (Wildman–Crippen LogP) is 5.55. The third-order valence-corrected chi connectivity index (χ3v) is 9.98. The van der Waals surface area contributed by atoms with Crippen LogP contribution in [0.2, 0.25) is 5.02 Å². The fourth-order valence-corrected chi connectivity index (χ4v) is 8.42. The molecule has 13 heteroatoms. The first-order valence-corrected chi connectivity index (χ1v) is 14.0. The van der Waals surface area contributed by atoms with Gasteiger partial charge in [0.1, 0.15) is 11.6 Å². The van der Waals surface area contributed by atoms with Gasteiger partial charge in [0.2, 0.25) is 5.91 Å². The first-order chi connectivity index (χ1) is 17.8. The maximum atomic E-state index is 13.7. The van der Waals surface area contributed by atoms with E-state index in [1.165, 1.54) is 0 Å². The van der Waals surface area contributed by atoms with Gasteiger partial charge in [0.25, 0.3) is 15.7 Å². The number of nitrogens with zero attached hydrogens (tertiary/aromatic N) is 2. The number of hydrogen-bond acceptors (Lipinski definition) is 5. The van der Waals surface area contributed by atoms with E-state index >= 15 is 0 Å². The zero-order valence-corrected chi connectivity index (χ0v) is 21.7. The average molecular weight is 572 g/mol. The second-order valence-electron chi connectivity index (χ2n) is 10.7. The molecule has 4 fully saturated rings. The van der Waals surface area contributed by atoms with Crippen molar-refractivity contribution in [1.82, 2.24) is 5.32 Å². The van der Waals surface area contributed by atoms with Crippen LogP contribution in [0.15, 0.2) is 47.4 Å². The van der Waals surface area contributed by atoms with Crippen LogP contribution in [-0.4, -0.2) is 31.3 Å². The number of carbonyl (C=O) groups is 1. The molecule has 4 aliphatic carbocycles. The van der Waals surface area contributed by atoms with Crippen LogP contribution in [0.5, 0.6) is 0 Å². The average Bonchev–Trinajstić information content (AvgIpc) is 2.80. The van der Waals surface area contributed by atoms with Gasteiger partial charge in [-0.25, -0.2) is 8.42 Å². The maximum Gasteiger partial charge on any atom is 0.416 e. The fourth-order valence-electron chi connectivity index (χ4n) is 6.80. The molecule has 204 valence electrons. The van der Waals surface area contributed by atoms with E-state index < -0.39 is 60.9 Å². The van der Waals surface area contributed by atoms with Gasteiger partial charge in [-0.1, -0.05) is 17.7 Å². The lowest BCUT2D eigenvalue weighted by molar-refractivity contribution is -0.384. The van der Waals surface area contributed by atoms with Crippen molar-refractivity contribution in [2.45, 2.75) is 55.1 Å². The topological polar surface area (TPSA) is 110 Å². The van der Waals surface area contributed by atoms with Crippen LogP contribution >= 0.6 is 11.6 Å². The molecule has 0 spiro atoms. The Kier molecular flexibility index (Phi) is 6.62. The molecular formula is C25H25ClF3N3O5S. The van der Waals surface area contributed by atoms with Gasteiger partial charge in [-0.3, -0.25) is 19.2 Å². The van der Waals surface area contributed by atoms with Crippen LogP contribution in [0.3, 0.4) is 0 Å². The molecule has 1 amide bonds. The molecule has 0 unspecified atom stereocenters. The molecule has 0 radical (unpaired) electrons. The van der Waals surface area contributed by atoms with Crippen molar-refractivity contribution in [3.05, 3.63) is 63.2 Å². The van der Waals surface area contributed by atoms with Gasteiger partial charge in [0, 0.05) is 11.6 Å². The summed E-state index contributed by atoms with van der Waals surface area (Å²) in [6, 6.07) is 6.39. The van der Waals surface area contributed by atoms with Crippen molar-refractivity contribution in [3.8, 4) is 0 Å².